The van der Waals surface area contributed by atoms with Gasteiger partial charge in [-0.05, 0) is 12.1 Å². The molecule has 2 rings (SSSR count). The summed E-state index contributed by atoms with van der Waals surface area (Å²) in [7, 11) is 0. The zero-order chi connectivity index (χ0) is 15.8. The van der Waals surface area contributed by atoms with Crippen molar-refractivity contribution in [3.05, 3.63) is 42.5 Å². The summed E-state index contributed by atoms with van der Waals surface area (Å²) in [6.45, 7) is 3.26. The molecule has 1 atom stereocenters. The Bertz CT molecular complexity index is 585. The Morgan fingerprint density at radius 1 is 1.14 bits per heavy atom. The fourth-order valence-electron chi connectivity index (χ4n) is 1.85. The van der Waals surface area contributed by atoms with Crippen molar-refractivity contribution in [1.82, 2.24) is 15.5 Å². The molecule has 2 aromatic rings. The summed E-state index contributed by atoms with van der Waals surface area (Å²) in [4.78, 5) is 11.5. The zero-order valence-corrected chi connectivity index (χ0v) is 12.6. The summed E-state index contributed by atoms with van der Waals surface area (Å²) in [5.41, 5.74) is 7.30. The highest BCUT2D eigenvalue weighted by molar-refractivity contribution is 5.78. The maximum Gasteiger partial charge on any atom is 0.224 e. The molecule has 1 amide bonds. The SMILES string of the molecule is CC(CN)C(=O)NCCNc1ccc(-c2ccccc2)nn1. The number of amides is 1. The van der Waals surface area contributed by atoms with Crippen LogP contribution < -0.4 is 16.4 Å². The molecule has 0 saturated carbocycles. The van der Waals surface area contributed by atoms with Gasteiger partial charge in [0.2, 0.25) is 5.91 Å². The summed E-state index contributed by atoms with van der Waals surface area (Å²) < 4.78 is 0. The first-order chi connectivity index (χ1) is 10.7. The number of nitrogens with zero attached hydrogens (tertiary/aromatic N) is 2. The van der Waals surface area contributed by atoms with Crippen LogP contribution in [0.15, 0.2) is 42.5 Å². The third-order valence-corrected chi connectivity index (χ3v) is 3.27. The van der Waals surface area contributed by atoms with Gasteiger partial charge in [0.15, 0.2) is 0 Å². The number of benzene rings is 1. The first-order valence-corrected chi connectivity index (χ1v) is 7.31. The molecule has 0 fully saturated rings. The average molecular weight is 299 g/mol. The number of carbonyl (C=O) groups is 1. The van der Waals surface area contributed by atoms with Crippen molar-refractivity contribution in [3.63, 3.8) is 0 Å². The van der Waals surface area contributed by atoms with Gasteiger partial charge in [0, 0.05) is 31.1 Å². The Morgan fingerprint density at radius 2 is 1.91 bits per heavy atom. The van der Waals surface area contributed by atoms with Crippen molar-refractivity contribution in [2.24, 2.45) is 11.7 Å². The fraction of sp³-hybridized carbons (Fsp3) is 0.312. The van der Waals surface area contributed by atoms with Crippen LogP contribution in [0.1, 0.15) is 6.92 Å². The first kappa shape index (κ1) is 15.9. The Balaban J connectivity index is 1.79. The van der Waals surface area contributed by atoms with E-state index in [-0.39, 0.29) is 11.8 Å². The predicted molar refractivity (Wildman–Crippen MR) is 87.2 cm³/mol. The Hall–Kier alpha value is -2.47. The van der Waals surface area contributed by atoms with Gasteiger partial charge in [-0.2, -0.15) is 0 Å². The molecule has 0 aliphatic rings. The van der Waals surface area contributed by atoms with Gasteiger partial charge in [-0.15, -0.1) is 10.2 Å². The number of rotatable bonds is 7. The number of nitrogens with one attached hydrogen (secondary N) is 2. The minimum absolute atomic E-state index is 0.0326. The molecule has 116 valence electrons. The Kier molecular flexibility index (Phi) is 5.85. The number of nitrogens with two attached hydrogens (primary N) is 1. The van der Waals surface area contributed by atoms with Crippen molar-refractivity contribution in [1.29, 1.82) is 0 Å². The van der Waals surface area contributed by atoms with Crippen LogP contribution in [0.3, 0.4) is 0 Å². The molecule has 1 aromatic carbocycles. The van der Waals surface area contributed by atoms with E-state index in [1.807, 2.05) is 42.5 Å². The average Bonchev–Trinajstić information content (AvgIpc) is 2.59. The molecule has 0 spiro atoms. The van der Waals surface area contributed by atoms with Gasteiger partial charge in [0.05, 0.1) is 5.69 Å². The summed E-state index contributed by atoms with van der Waals surface area (Å²) in [5.74, 6) is 0.487. The smallest absolute Gasteiger partial charge is 0.224 e. The number of aromatic nitrogens is 2. The van der Waals surface area contributed by atoms with Crippen molar-refractivity contribution < 1.29 is 4.79 Å². The molecule has 0 saturated heterocycles. The van der Waals surface area contributed by atoms with Crippen LogP contribution in [-0.4, -0.2) is 35.7 Å². The highest BCUT2D eigenvalue weighted by Crippen LogP contribution is 2.15. The molecular formula is C16H21N5O. The third-order valence-electron chi connectivity index (χ3n) is 3.27. The van der Waals surface area contributed by atoms with Crippen molar-refractivity contribution >= 4 is 11.7 Å². The molecule has 0 aliphatic carbocycles. The summed E-state index contributed by atoms with van der Waals surface area (Å²) in [6.07, 6.45) is 0. The van der Waals surface area contributed by atoms with E-state index in [9.17, 15) is 4.79 Å². The molecule has 1 heterocycles. The van der Waals surface area contributed by atoms with Crippen LogP contribution in [0.4, 0.5) is 5.82 Å². The monoisotopic (exact) mass is 299 g/mol. The Morgan fingerprint density at radius 3 is 2.55 bits per heavy atom. The molecule has 22 heavy (non-hydrogen) atoms. The van der Waals surface area contributed by atoms with E-state index in [0.717, 1.165) is 11.3 Å². The fourth-order valence-corrected chi connectivity index (χ4v) is 1.85. The standard InChI is InChI=1S/C16H21N5O/c1-12(11-17)16(22)19-10-9-18-15-8-7-14(20-21-15)13-5-3-2-4-6-13/h2-8,12H,9-11,17H2,1H3,(H,18,21)(H,19,22). The zero-order valence-electron chi connectivity index (χ0n) is 12.6. The van der Waals surface area contributed by atoms with Gasteiger partial charge in [0.1, 0.15) is 5.82 Å². The van der Waals surface area contributed by atoms with Crippen LogP contribution in [0.25, 0.3) is 11.3 Å². The summed E-state index contributed by atoms with van der Waals surface area (Å²) in [5, 5.41) is 14.2. The first-order valence-electron chi connectivity index (χ1n) is 7.31. The van der Waals surface area contributed by atoms with Crippen LogP contribution in [0.2, 0.25) is 0 Å². The second kappa shape index (κ2) is 8.09. The maximum absolute atomic E-state index is 11.5. The molecule has 0 aliphatic heterocycles. The van der Waals surface area contributed by atoms with Crippen molar-refractivity contribution in [2.75, 3.05) is 25.0 Å². The van der Waals surface area contributed by atoms with E-state index in [1.165, 1.54) is 0 Å². The third kappa shape index (κ3) is 4.53. The Labute approximate surface area is 130 Å². The lowest BCUT2D eigenvalue weighted by Gasteiger charge is -2.10. The molecule has 0 bridgehead atoms. The molecule has 6 nitrogen and oxygen atoms in total. The quantitative estimate of drug-likeness (QED) is 0.669. The highest BCUT2D eigenvalue weighted by atomic mass is 16.1. The lowest BCUT2D eigenvalue weighted by atomic mass is 10.1. The lowest BCUT2D eigenvalue weighted by Crippen LogP contribution is -2.35. The van der Waals surface area contributed by atoms with Gasteiger partial charge in [-0.1, -0.05) is 37.3 Å². The topological polar surface area (TPSA) is 92.9 Å². The van der Waals surface area contributed by atoms with Crippen molar-refractivity contribution in [3.8, 4) is 11.3 Å². The van der Waals surface area contributed by atoms with Crippen LogP contribution >= 0.6 is 0 Å². The molecule has 0 radical (unpaired) electrons. The molecule has 6 heteroatoms. The number of hydrogen-bond donors (Lipinski definition) is 3. The lowest BCUT2D eigenvalue weighted by molar-refractivity contribution is -0.124. The highest BCUT2D eigenvalue weighted by Gasteiger charge is 2.09. The van der Waals surface area contributed by atoms with Gasteiger partial charge in [0.25, 0.3) is 0 Å². The maximum atomic E-state index is 11.5. The van der Waals surface area contributed by atoms with E-state index in [1.54, 1.807) is 6.92 Å². The van der Waals surface area contributed by atoms with Gasteiger partial charge in [-0.25, -0.2) is 0 Å². The predicted octanol–water partition coefficient (Wildman–Crippen LogP) is 1.27. The minimum Gasteiger partial charge on any atom is -0.367 e. The minimum atomic E-state index is -0.162. The summed E-state index contributed by atoms with van der Waals surface area (Å²) >= 11 is 0. The van der Waals surface area contributed by atoms with Gasteiger partial charge in [-0.3, -0.25) is 4.79 Å². The van der Waals surface area contributed by atoms with Gasteiger partial charge >= 0.3 is 0 Å². The molecule has 1 aromatic heterocycles. The van der Waals surface area contributed by atoms with E-state index >= 15 is 0 Å². The second-order valence-electron chi connectivity index (χ2n) is 5.02. The number of carbonyl (C=O) groups excluding carboxylic acids is 1. The second-order valence-corrected chi connectivity index (χ2v) is 5.02. The normalized spacial score (nSPS) is 11.7. The van der Waals surface area contributed by atoms with E-state index < -0.39 is 0 Å². The van der Waals surface area contributed by atoms with E-state index in [0.29, 0.717) is 25.5 Å². The largest absolute Gasteiger partial charge is 0.367 e. The molecular weight excluding hydrogens is 278 g/mol. The summed E-state index contributed by atoms with van der Waals surface area (Å²) in [6, 6.07) is 13.7. The van der Waals surface area contributed by atoms with E-state index in [2.05, 4.69) is 20.8 Å². The number of anilines is 1. The van der Waals surface area contributed by atoms with Crippen LogP contribution in [0, 0.1) is 5.92 Å². The molecule has 4 N–H and O–H groups in total. The van der Waals surface area contributed by atoms with E-state index in [4.69, 9.17) is 5.73 Å². The van der Waals surface area contributed by atoms with Gasteiger partial charge < -0.3 is 16.4 Å². The molecule has 1 unspecified atom stereocenters. The number of hydrogen-bond acceptors (Lipinski definition) is 5. The van der Waals surface area contributed by atoms with Crippen molar-refractivity contribution in [2.45, 2.75) is 6.92 Å². The van der Waals surface area contributed by atoms with Crippen LogP contribution in [0.5, 0.6) is 0 Å². The van der Waals surface area contributed by atoms with Crippen LogP contribution in [-0.2, 0) is 4.79 Å².